The number of phosphoric acid groups is 2. The minimum atomic E-state index is -4.95. The summed E-state index contributed by atoms with van der Waals surface area (Å²) in [5.74, 6) is -0.653. The molecule has 0 saturated heterocycles. The number of aliphatic hydroxyl groups excluding tert-OH is 1. The molecule has 19 heteroatoms. The molecule has 0 bridgehead atoms. The minimum absolute atomic E-state index is 0.106. The van der Waals surface area contributed by atoms with E-state index in [1.54, 1.807) is 0 Å². The molecule has 0 aliphatic heterocycles. The van der Waals surface area contributed by atoms with Crippen molar-refractivity contribution in [3.63, 3.8) is 0 Å². The maximum Gasteiger partial charge on any atom is 0.472 e. The van der Waals surface area contributed by atoms with Crippen molar-refractivity contribution in [2.45, 2.75) is 394 Å². The summed E-state index contributed by atoms with van der Waals surface area (Å²) in [6.45, 7) is 9.51. The molecule has 0 aromatic rings. The maximum absolute atomic E-state index is 13.1. The Hall–Kier alpha value is -1.94. The molecule has 3 N–H and O–H groups in total. The first-order chi connectivity index (χ1) is 44.4. The summed E-state index contributed by atoms with van der Waals surface area (Å²) in [6.07, 6.45) is 51.4. The molecule has 17 nitrogen and oxygen atoms in total. The molecule has 0 spiro atoms. The predicted octanol–water partition coefficient (Wildman–Crippen LogP) is 21.2. The van der Waals surface area contributed by atoms with Gasteiger partial charge in [0.25, 0.3) is 0 Å². The van der Waals surface area contributed by atoms with Crippen molar-refractivity contribution < 1.29 is 80.2 Å². The van der Waals surface area contributed by atoms with E-state index in [-0.39, 0.29) is 25.7 Å². The number of rotatable bonds is 72. The molecular formula is C73H142O17P2. The normalized spacial score (nSPS) is 14.1. The number of carbonyl (C=O) groups is 4. The van der Waals surface area contributed by atoms with Crippen LogP contribution in [-0.4, -0.2) is 96.7 Å². The topological polar surface area (TPSA) is 237 Å². The van der Waals surface area contributed by atoms with Gasteiger partial charge in [0.1, 0.15) is 19.3 Å². The summed E-state index contributed by atoms with van der Waals surface area (Å²) in [7, 11) is -9.90. The van der Waals surface area contributed by atoms with Crippen LogP contribution in [0.2, 0.25) is 0 Å². The number of carbonyl (C=O) groups excluding carboxylic acids is 4. The van der Waals surface area contributed by atoms with Crippen LogP contribution >= 0.6 is 15.6 Å². The highest BCUT2D eigenvalue weighted by atomic mass is 31.2. The molecule has 546 valence electrons. The smallest absolute Gasteiger partial charge is 0.462 e. The van der Waals surface area contributed by atoms with Crippen LogP contribution in [0.15, 0.2) is 0 Å². The highest BCUT2D eigenvalue weighted by Gasteiger charge is 2.30. The van der Waals surface area contributed by atoms with Gasteiger partial charge in [-0.15, -0.1) is 0 Å². The minimum Gasteiger partial charge on any atom is -0.462 e. The van der Waals surface area contributed by atoms with Crippen LogP contribution in [-0.2, 0) is 65.4 Å². The van der Waals surface area contributed by atoms with Crippen molar-refractivity contribution in [3.8, 4) is 0 Å². The Morgan fingerprint density at radius 2 is 0.500 bits per heavy atom. The zero-order valence-corrected chi connectivity index (χ0v) is 61.6. The molecule has 0 fully saturated rings. The van der Waals surface area contributed by atoms with Crippen molar-refractivity contribution in [2.24, 2.45) is 11.8 Å². The molecule has 0 saturated carbocycles. The Kier molecular flexibility index (Phi) is 63.7. The first-order valence-corrected chi connectivity index (χ1v) is 41.0. The standard InChI is InChI=1S/C73H142O17P2/c1-7-9-11-13-15-17-19-21-22-25-29-32-36-43-49-55-70(75)83-61-68(89-73(78)58-52-46-38-34-30-26-23-24-27-31-35-41-47-53-65(3)4)63-87-91(79,80)85-59-67(74)60-86-92(81,82)88-64-69(62-84-71(76)56-50-44-40-39-42-48-54-66(5)6)90-72(77)57-51-45-37-33-28-20-18-16-14-12-10-8-2/h65-69,74H,7-64H2,1-6H3,(H,79,80)(H,81,82)/t67-,68-,69-/m1/s1. The van der Waals surface area contributed by atoms with E-state index in [1.807, 2.05) is 0 Å². The van der Waals surface area contributed by atoms with E-state index < -0.39 is 97.5 Å². The van der Waals surface area contributed by atoms with Gasteiger partial charge in [-0.3, -0.25) is 37.3 Å². The van der Waals surface area contributed by atoms with Gasteiger partial charge in [0.2, 0.25) is 0 Å². The molecule has 0 aromatic heterocycles. The lowest BCUT2D eigenvalue weighted by Crippen LogP contribution is -2.30. The summed E-state index contributed by atoms with van der Waals surface area (Å²) in [6, 6.07) is 0. The van der Waals surface area contributed by atoms with Crippen molar-refractivity contribution >= 4 is 39.5 Å². The van der Waals surface area contributed by atoms with Crippen LogP contribution in [0.5, 0.6) is 0 Å². The maximum atomic E-state index is 13.1. The molecule has 0 amide bonds. The Morgan fingerprint density at radius 3 is 0.739 bits per heavy atom. The van der Waals surface area contributed by atoms with E-state index in [2.05, 4.69) is 41.5 Å². The fourth-order valence-electron chi connectivity index (χ4n) is 11.1. The number of unbranched alkanes of at least 4 members (excludes halogenated alkanes) is 42. The number of phosphoric ester groups is 2. The number of aliphatic hydroxyl groups is 1. The van der Waals surface area contributed by atoms with Gasteiger partial charge < -0.3 is 33.8 Å². The highest BCUT2D eigenvalue weighted by Crippen LogP contribution is 2.45. The van der Waals surface area contributed by atoms with Gasteiger partial charge in [0.05, 0.1) is 26.4 Å². The SMILES string of the molecule is CCCCCCCCCCCCCCCCCC(=O)OC[C@H](COP(=O)(O)OC[C@@H](O)COP(=O)(O)OC[C@@H](COC(=O)CCCCCCCCC(C)C)OC(=O)CCCCCCCCCCCCCC)OC(=O)CCCCCCCCCCCCCCCC(C)C. The van der Waals surface area contributed by atoms with E-state index in [0.717, 1.165) is 102 Å². The van der Waals surface area contributed by atoms with Crippen LogP contribution in [0, 0.1) is 11.8 Å². The fourth-order valence-corrected chi connectivity index (χ4v) is 12.7. The van der Waals surface area contributed by atoms with Gasteiger partial charge in [-0.25, -0.2) is 9.13 Å². The summed E-state index contributed by atoms with van der Waals surface area (Å²) < 4.78 is 68.4. The summed E-state index contributed by atoms with van der Waals surface area (Å²) in [4.78, 5) is 72.6. The Morgan fingerprint density at radius 1 is 0.293 bits per heavy atom. The fraction of sp³-hybridized carbons (Fsp3) is 0.945. The molecule has 0 heterocycles. The third-order valence-electron chi connectivity index (χ3n) is 17.0. The number of ether oxygens (including phenoxy) is 4. The zero-order valence-electron chi connectivity index (χ0n) is 59.9. The van der Waals surface area contributed by atoms with Crippen LogP contribution in [0.25, 0.3) is 0 Å². The number of esters is 4. The molecule has 0 rings (SSSR count). The quantitative estimate of drug-likeness (QED) is 0.0222. The summed E-state index contributed by atoms with van der Waals surface area (Å²) in [5.41, 5.74) is 0. The van der Waals surface area contributed by atoms with E-state index in [0.29, 0.717) is 31.6 Å². The van der Waals surface area contributed by atoms with E-state index in [4.69, 9.17) is 37.0 Å². The third-order valence-corrected chi connectivity index (χ3v) is 18.9. The second-order valence-corrected chi connectivity index (χ2v) is 30.2. The third kappa shape index (κ3) is 66.7. The first kappa shape index (κ1) is 90.1. The molecule has 2 unspecified atom stereocenters. The average Bonchev–Trinajstić information content (AvgIpc) is 3.55. The van der Waals surface area contributed by atoms with Crippen molar-refractivity contribution in [2.75, 3.05) is 39.6 Å². The van der Waals surface area contributed by atoms with E-state index in [9.17, 15) is 43.2 Å². The molecule has 92 heavy (non-hydrogen) atoms. The van der Waals surface area contributed by atoms with Crippen molar-refractivity contribution in [1.29, 1.82) is 0 Å². The molecular weight excluding hydrogens is 1210 g/mol. The molecule has 0 aliphatic carbocycles. The molecule has 0 aromatic carbocycles. The predicted molar refractivity (Wildman–Crippen MR) is 372 cm³/mol. The Balaban J connectivity index is 5.24. The van der Waals surface area contributed by atoms with Crippen LogP contribution in [0.3, 0.4) is 0 Å². The Labute approximate surface area is 562 Å². The van der Waals surface area contributed by atoms with Gasteiger partial charge in [-0.2, -0.15) is 0 Å². The number of hydrogen-bond donors (Lipinski definition) is 3. The van der Waals surface area contributed by atoms with Gasteiger partial charge in [-0.1, -0.05) is 324 Å². The lowest BCUT2D eigenvalue weighted by atomic mass is 10.0. The molecule has 0 aliphatic rings. The largest absolute Gasteiger partial charge is 0.472 e. The molecule has 5 atom stereocenters. The van der Waals surface area contributed by atoms with Gasteiger partial charge in [0, 0.05) is 25.7 Å². The monoisotopic (exact) mass is 1350 g/mol. The highest BCUT2D eigenvalue weighted by molar-refractivity contribution is 7.47. The van der Waals surface area contributed by atoms with E-state index in [1.165, 1.54) is 186 Å². The lowest BCUT2D eigenvalue weighted by Gasteiger charge is -2.21. The number of hydrogen-bond acceptors (Lipinski definition) is 15. The van der Waals surface area contributed by atoms with Crippen LogP contribution < -0.4 is 0 Å². The van der Waals surface area contributed by atoms with E-state index >= 15 is 0 Å². The van der Waals surface area contributed by atoms with Gasteiger partial charge >= 0.3 is 39.5 Å². The zero-order chi connectivity index (χ0) is 67.9. The lowest BCUT2D eigenvalue weighted by molar-refractivity contribution is -0.161. The van der Waals surface area contributed by atoms with Gasteiger partial charge in [0.15, 0.2) is 12.2 Å². The van der Waals surface area contributed by atoms with Gasteiger partial charge in [-0.05, 0) is 37.5 Å². The first-order valence-electron chi connectivity index (χ1n) is 38.0. The van der Waals surface area contributed by atoms with Crippen LogP contribution in [0.4, 0.5) is 0 Å². The Bertz CT molecular complexity index is 1790. The van der Waals surface area contributed by atoms with Crippen LogP contribution in [0.1, 0.15) is 375 Å². The molecule has 0 radical (unpaired) electrons. The van der Waals surface area contributed by atoms with Crippen molar-refractivity contribution in [1.82, 2.24) is 0 Å². The second-order valence-electron chi connectivity index (χ2n) is 27.3. The average molecular weight is 1350 g/mol. The van der Waals surface area contributed by atoms with Crippen molar-refractivity contribution in [3.05, 3.63) is 0 Å². The summed E-state index contributed by atoms with van der Waals surface area (Å²) >= 11 is 0. The second kappa shape index (κ2) is 65.0. The summed E-state index contributed by atoms with van der Waals surface area (Å²) in [5, 5.41) is 10.6.